The zero-order chi connectivity index (χ0) is 21.7. The number of rotatable bonds is 9. The van der Waals surface area contributed by atoms with Crippen LogP contribution in [-0.4, -0.2) is 44.8 Å². The van der Waals surface area contributed by atoms with Gasteiger partial charge >= 0.3 is 0 Å². The zero-order valence-corrected chi connectivity index (χ0v) is 19.2. The molecule has 158 valence electrons. The molecule has 0 aliphatic heterocycles. The number of carbonyl (C=O) groups excluding carboxylic acids is 1. The molecule has 0 saturated heterocycles. The zero-order valence-electron chi connectivity index (χ0n) is 18.4. The molecule has 0 saturated carbocycles. The molecule has 2 atom stereocenters. The van der Waals surface area contributed by atoms with E-state index < -0.39 is 0 Å². The lowest BCUT2D eigenvalue weighted by Gasteiger charge is -2.23. The van der Waals surface area contributed by atoms with Gasteiger partial charge in [-0.25, -0.2) is 0 Å². The lowest BCUT2D eigenvalue weighted by molar-refractivity contribution is 0.0994. The van der Waals surface area contributed by atoms with Gasteiger partial charge in [-0.2, -0.15) is 0 Å². The number of aryl methyl sites for hydroxylation is 1. The van der Waals surface area contributed by atoms with Crippen molar-refractivity contribution in [3.05, 3.63) is 77.1 Å². The number of nitrogens with zero attached hydrogens (tertiary/aromatic N) is 4. The lowest BCUT2D eigenvalue weighted by Crippen LogP contribution is -2.23. The van der Waals surface area contributed by atoms with Crippen molar-refractivity contribution >= 4 is 17.5 Å². The number of hydrogen-bond acceptors (Lipinski definition) is 5. The summed E-state index contributed by atoms with van der Waals surface area (Å²) in [4.78, 5) is 15.1. The maximum atomic E-state index is 12.9. The van der Waals surface area contributed by atoms with Crippen molar-refractivity contribution in [1.29, 1.82) is 0 Å². The van der Waals surface area contributed by atoms with E-state index in [1.807, 2.05) is 56.3 Å². The molecule has 1 aromatic heterocycles. The first kappa shape index (κ1) is 22.2. The SMILES string of the molecule is CC[C@@H](c1nnc(S[C@@H](C)C(=O)c2ccc(C)cc2)n1Cc1ccccc1)N(C)C. The molecule has 3 rings (SSSR count). The fourth-order valence-corrected chi connectivity index (χ4v) is 4.42. The summed E-state index contributed by atoms with van der Waals surface area (Å²) in [5.41, 5.74) is 3.06. The minimum absolute atomic E-state index is 0.107. The summed E-state index contributed by atoms with van der Waals surface area (Å²) in [5.74, 6) is 1.04. The molecule has 0 N–H and O–H groups in total. The molecule has 30 heavy (non-hydrogen) atoms. The number of ketones is 1. The molecular weight excluding hydrogens is 392 g/mol. The summed E-state index contributed by atoms with van der Waals surface area (Å²) in [6.45, 7) is 6.80. The fourth-order valence-electron chi connectivity index (χ4n) is 3.49. The highest BCUT2D eigenvalue weighted by Crippen LogP contribution is 2.29. The second kappa shape index (κ2) is 10.0. The maximum Gasteiger partial charge on any atom is 0.192 e. The van der Waals surface area contributed by atoms with Crippen LogP contribution in [0.4, 0.5) is 0 Å². The molecule has 0 radical (unpaired) electrons. The first-order valence-corrected chi connectivity index (χ1v) is 11.2. The first-order chi connectivity index (χ1) is 14.4. The van der Waals surface area contributed by atoms with Gasteiger partial charge in [-0.1, -0.05) is 78.8 Å². The molecule has 0 unspecified atom stereocenters. The van der Waals surface area contributed by atoms with E-state index in [0.29, 0.717) is 6.54 Å². The highest BCUT2D eigenvalue weighted by Gasteiger charge is 2.25. The standard InChI is InChI=1S/C24H30N4OS/c1-6-21(27(4)5)23-25-26-24(28(23)16-19-10-8-7-9-11-19)30-18(3)22(29)20-14-12-17(2)13-15-20/h7-15,18,21H,6,16H2,1-5H3/t18-,21-/m0/s1. The number of benzene rings is 2. The Balaban J connectivity index is 1.90. The fraction of sp³-hybridized carbons (Fsp3) is 0.375. The predicted molar refractivity (Wildman–Crippen MR) is 123 cm³/mol. The Morgan fingerprint density at radius 3 is 2.33 bits per heavy atom. The molecule has 6 heteroatoms. The smallest absolute Gasteiger partial charge is 0.192 e. The normalized spacial score (nSPS) is 13.4. The number of Topliss-reactive ketones (excluding diaryl/α,β-unsaturated/α-hetero) is 1. The molecule has 2 aromatic carbocycles. The summed E-state index contributed by atoms with van der Waals surface area (Å²) < 4.78 is 2.16. The van der Waals surface area contributed by atoms with E-state index in [0.717, 1.165) is 28.5 Å². The predicted octanol–water partition coefficient (Wildman–Crippen LogP) is 5.01. The third-order valence-electron chi connectivity index (χ3n) is 5.22. The van der Waals surface area contributed by atoms with Crippen molar-refractivity contribution in [3.8, 4) is 0 Å². The minimum atomic E-state index is -0.251. The molecule has 0 aliphatic carbocycles. The lowest BCUT2D eigenvalue weighted by atomic mass is 10.1. The van der Waals surface area contributed by atoms with Crippen molar-refractivity contribution < 1.29 is 4.79 Å². The van der Waals surface area contributed by atoms with E-state index in [1.54, 1.807) is 0 Å². The van der Waals surface area contributed by atoms with Gasteiger partial charge in [-0.05, 0) is 39.9 Å². The third kappa shape index (κ3) is 5.18. The van der Waals surface area contributed by atoms with Gasteiger partial charge in [0, 0.05) is 5.56 Å². The Kier molecular flexibility index (Phi) is 7.45. The molecule has 5 nitrogen and oxygen atoms in total. The van der Waals surface area contributed by atoms with Gasteiger partial charge in [0.05, 0.1) is 17.8 Å². The molecule has 0 bridgehead atoms. The summed E-state index contributed by atoms with van der Waals surface area (Å²) in [7, 11) is 4.12. The quantitative estimate of drug-likeness (QED) is 0.358. The van der Waals surface area contributed by atoms with Crippen molar-refractivity contribution in [1.82, 2.24) is 19.7 Å². The Hall–Kier alpha value is -2.44. The van der Waals surface area contributed by atoms with Crippen LogP contribution >= 0.6 is 11.8 Å². The van der Waals surface area contributed by atoms with Crippen LogP contribution in [0.5, 0.6) is 0 Å². The molecule has 0 fully saturated rings. The maximum absolute atomic E-state index is 12.9. The Morgan fingerprint density at radius 2 is 1.73 bits per heavy atom. The Bertz CT molecular complexity index is 967. The molecular formula is C24H30N4OS. The van der Waals surface area contributed by atoms with Crippen LogP contribution in [0.3, 0.4) is 0 Å². The summed E-state index contributed by atoms with van der Waals surface area (Å²) in [5, 5.41) is 9.56. The van der Waals surface area contributed by atoms with Crippen LogP contribution in [0, 0.1) is 6.92 Å². The second-order valence-corrected chi connectivity index (χ2v) is 9.10. The number of hydrogen-bond donors (Lipinski definition) is 0. The van der Waals surface area contributed by atoms with Crippen LogP contribution in [-0.2, 0) is 6.54 Å². The monoisotopic (exact) mass is 422 g/mol. The van der Waals surface area contributed by atoms with Gasteiger partial charge < -0.3 is 4.57 Å². The summed E-state index contributed by atoms with van der Waals surface area (Å²) >= 11 is 1.48. The van der Waals surface area contributed by atoms with Crippen molar-refractivity contribution in [2.24, 2.45) is 0 Å². The molecule has 3 aromatic rings. The van der Waals surface area contributed by atoms with Gasteiger partial charge in [0.1, 0.15) is 0 Å². The van der Waals surface area contributed by atoms with Crippen molar-refractivity contribution in [3.63, 3.8) is 0 Å². The van der Waals surface area contributed by atoms with Gasteiger partial charge in [0.25, 0.3) is 0 Å². The Morgan fingerprint density at radius 1 is 1.07 bits per heavy atom. The largest absolute Gasteiger partial charge is 0.300 e. The van der Waals surface area contributed by atoms with Gasteiger partial charge in [-0.15, -0.1) is 10.2 Å². The van der Waals surface area contributed by atoms with Crippen LogP contribution in [0.25, 0.3) is 0 Å². The first-order valence-electron chi connectivity index (χ1n) is 10.3. The number of thioether (sulfide) groups is 1. The molecule has 0 aliphatic rings. The number of aromatic nitrogens is 3. The van der Waals surface area contributed by atoms with E-state index in [1.165, 1.54) is 17.3 Å². The molecule has 0 spiro atoms. The molecule has 1 heterocycles. The average molecular weight is 423 g/mol. The summed E-state index contributed by atoms with van der Waals surface area (Å²) in [6, 6.07) is 18.2. The minimum Gasteiger partial charge on any atom is -0.300 e. The van der Waals surface area contributed by atoms with E-state index >= 15 is 0 Å². The van der Waals surface area contributed by atoms with Crippen LogP contribution < -0.4 is 0 Å². The van der Waals surface area contributed by atoms with Gasteiger partial charge in [0.2, 0.25) is 0 Å². The van der Waals surface area contributed by atoms with Crippen molar-refractivity contribution in [2.45, 2.75) is 50.2 Å². The van der Waals surface area contributed by atoms with Crippen LogP contribution in [0.1, 0.15) is 53.6 Å². The average Bonchev–Trinajstić information content (AvgIpc) is 3.11. The van der Waals surface area contributed by atoms with Gasteiger partial charge in [-0.3, -0.25) is 9.69 Å². The highest BCUT2D eigenvalue weighted by molar-refractivity contribution is 8.00. The topological polar surface area (TPSA) is 51.0 Å². The highest BCUT2D eigenvalue weighted by atomic mass is 32.2. The Labute approximate surface area is 183 Å². The molecule has 0 amide bonds. The van der Waals surface area contributed by atoms with Gasteiger partial charge in [0.15, 0.2) is 16.8 Å². The van der Waals surface area contributed by atoms with E-state index in [-0.39, 0.29) is 17.1 Å². The number of carbonyl (C=O) groups is 1. The summed E-state index contributed by atoms with van der Waals surface area (Å²) in [6.07, 6.45) is 0.933. The third-order valence-corrected chi connectivity index (χ3v) is 6.31. The van der Waals surface area contributed by atoms with E-state index in [2.05, 4.69) is 52.8 Å². The van der Waals surface area contributed by atoms with Crippen molar-refractivity contribution in [2.75, 3.05) is 14.1 Å². The van der Waals surface area contributed by atoms with Crippen LogP contribution in [0.2, 0.25) is 0 Å². The van der Waals surface area contributed by atoms with Crippen LogP contribution in [0.15, 0.2) is 59.8 Å². The second-order valence-electron chi connectivity index (χ2n) is 7.79. The van der Waals surface area contributed by atoms with E-state index in [4.69, 9.17) is 0 Å². The van der Waals surface area contributed by atoms with E-state index in [9.17, 15) is 4.79 Å².